The second kappa shape index (κ2) is 4.24. The van der Waals surface area contributed by atoms with Gasteiger partial charge in [0.25, 0.3) is 0 Å². The lowest BCUT2D eigenvalue weighted by Gasteiger charge is -2.07. The molecule has 0 amide bonds. The number of nitriles is 1. The van der Waals surface area contributed by atoms with Crippen molar-refractivity contribution in [2.24, 2.45) is 0 Å². The van der Waals surface area contributed by atoms with Crippen molar-refractivity contribution < 1.29 is 13.2 Å². The van der Waals surface area contributed by atoms with Crippen LogP contribution < -0.4 is 0 Å². The fraction of sp³-hybridized carbons (Fsp3) is 0.286. The van der Waals surface area contributed by atoms with E-state index >= 15 is 0 Å². The fourth-order valence-corrected chi connectivity index (χ4v) is 1.57. The summed E-state index contributed by atoms with van der Waals surface area (Å²) < 4.78 is 36.7. The summed E-state index contributed by atoms with van der Waals surface area (Å²) in [7, 11) is 0. The van der Waals surface area contributed by atoms with E-state index in [0.29, 0.717) is 0 Å². The van der Waals surface area contributed by atoms with E-state index < -0.39 is 17.2 Å². The summed E-state index contributed by atoms with van der Waals surface area (Å²) >= 11 is 6.34. The first-order chi connectivity index (χ1) is 6.90. The number of alkyl halides is 3. The van der Waals surface area contributed by atoms with Gasteiger partial charge in [0.15, 0.2) is 5.15 Å². The number of hydrogen-bond acceptors (Lipinski definition) is 4. The van der Waals surface area contributed by atoms with E-state index in [1.165, 1.54) is 6.26 Å². The summed E-state index contributed by atoms with van der Waals surface area (Å²) in [6, 6.07) is 1.65. The topological polar surface area (TPSA) is 49.6 Å². The molecule has 0 aliphatic rings. The van der Waals surface area contributed by atoms with Crippen LogP contribution in [0.4, 0.5) is 13.2 Å². The van der Waals surface area contributed by atoms with Gasteiger partial charge < -0.3 is 0 Å². The SMILES string of the molecule is CSc1nc(C(F)(F)F)nc(Cl)c1C#N. The van der Waals surface area contributed by atoms with E-state index in [1.807, 2.05) is 0 Å². The molecule has 0 atom stereocenters. The number of thioether (sulfide) groups is 1. The van der Waals surface area contributed by atoms with Crippen molar-refractivity contribution in [2.75, 3.05) is 6.26 Å². The monoisotopic (exact) mass is 253 g/mol. The number of halogens is 4. The second-order valence-corrected chi connectivity index (χ2v) is 3.48. The molecule has 15 heavy (non-hydrogen) atoms. The molecule has 80 valence electrons. The van der Waals surface area contributed by atoms with E-state index in [0.717, 1.165) is 11.8 Å². The lowest BCUT2D eigenvalue weighted by molar-refractivity contribution is -0.145. The van der Waals surface area contributed by atoms with Gasteiger partial charge in [-0.05, 0) is 6.26 Å². The van der Waals surface area contributed by atoms with Crippen molar-refractivity contribution in [1.29, 1.82) is 5.26 Å². The van der Waals surface area contributed by atoms with Crippen LogP contribution in [0.2, 0.25) is 5.15 Å². The van der Waals surface area contributed by atoms with Gasteiger partial charge in [-0.3, -0.25) is 0 Å². The first kappa shape index (κ1) is 12.1. The number of nitrogens with zero attached hydrogens (tertiary/aromatic N) is 3. The summed E-state index contributed by atoms with van der Waals surface area (Å²) in [5, 5.41) is 8.05. The highest BCUT2D eigenvalue weighted by atomic mass is 35.5. The molecule has 1 aromatic heterocycles. The van der Waals surface area contributed by atoms with Crippen molar-refractivity contribution in [1.82, 2.24) is 9.97 Å². The van der Waals surface area contributed by atoms with E-state index in [-0.39, 0.29) is 10.6 Å². The van der Waals surface area contributed by atoms with Crippen molar-refractivity contribution in [3.05, 3.63) is 16.5 Å². The molecule has 0 bridgehead atoms. The van der Waals surface area contributed by atoms with Crippen molar-refractivity contribution in [2.45, 2.75) is 11.2 Å². The van der Waals surface area contributed by atoms with E-state index in [2.05, 4.69) is 9.97 Å². The van der Waals surface area contributed by atoms with Gasteiger partial charge in [0, 0.05) is 0 Å². The van der Waals surface area contributed by atoms with Crippen molar-refractivity contribution in [3.8, 4) is 6.07 Å². The van der Waals surface area contributed by atoms with E-state index in [1.54, 1.807) is 6.07 Å². The Morgan fingerprint density at radius 2 is 2.00 bits per heavy atom. The molecule has 0 fully saturated rings. The van der Waals surface area contributed by atoms with Crippen LogP contribution in [0.5, 0.6) is 0 Å². The molecular formula is C7H3ClF3N3S. The van der Waals surface area contributed by atoms with Gasteiger partial charge >= 0.3 is 6.18 Å². The number of aromatic nitrogens is 2. The molecule has 0 N–H and O–H groups in total. The predicted molar refractivity (Wildman–Crippen MR) is 48.5 cm³/mol. The minimum absolute atomic E-state index is 0.0789. The Morgan fingerprint density at radius 3 is 2.40 bits per heavy atom. The Labute approximate surface area is 92.3 Å². The Bertz CT molecular complexity index is 427. The summed E-state index contributed by atoms with van der Waals surface area (Å²) in [4.78, 5) is 6.23. The van der Waals surface area contributed by atoms with E-state index in [9.17, 15) is 13.2 Å². The largest absolute Gasteiger partial charge is 0.451 e. The Morgan fingerprint density at radius 1 is 1.40 bits per heavy atom. The quantitative estimate of drug-likeness (QED) is 0.570. The molecule has 1 aromatic rings. The average Bonchev–Trinajstić information content (AvgIpc) is 2.15. The maximum atomic E-state index is 12.2. The number of hydrogen-bond donors (Lipinski definition) is 0. The third-order valence-corrected chi connectivity index (χ3v) is 2.35. The minimum Gasteiger partial charge on any atom is -0.216 e. The van der Waals surface area contributed by atoms with Gasteiger partial charge in [-0.15, -0.1) is 11.8 Å². The third-order valence-electron chi connectivity index (χ3n) is 1.39. The normalized spacial score (nSPS) is 11.2. The van der Waals surface area contributed by atoms with Gasteiger partial charge in [0.05, 0.1) is 0 Å². The lowest BCUT2D eigenvalue weighted by Crippen LogP contribution is -2.12. The predicted octanol–water partition coefficient (Wildman–Crippen LogP) is 2.74. The zero-order valence-electron chi connectivity index (χ0n) is 7.26. The van der Waals surface area contributed by atoms with Crippen molar-refractivity contribution >= 4 is 23.4 Å². The summed E-state index contributed by atoms with van der Waals surface area (Å²) in [5.74, 6) is -1.34. The van der Waals surface area contributed by atoms with E-state index in [4.69, 9.17) is 16.9 Å². The number of rotatable bonds is 1. The lowest BCUT2D eigenvalue weighted by atomic mass is 10.4. The molecule has 0 aliphatic carbocycles. The summed E-state index contributed by atoms with van der Waals surface area (Å²) in [5.41, 5.74) is -0.142. The van der Waals surface area contributed by atoms with Crippen LogP contribution in [-0.4, -0.2) is 16.2 Å². The molecule has 0 saturated carbocycles. The highest BCUT2D eigenvalue weighted by Gasteiger charge is 2.36. The van der Waals surface area contributed by atoms with Crippen LogP contribution in [0.1, 0.15) is 11.4 Å². The molecular weight excluding hydrogens is 251 g/mol. The average molecular weight is 254 g/mol. The summed E-state index contributed by atoms with van der Waals surface area (Å²) in [6.45, 7) is 0. The molecule has 0 aromatic carbocycles. The van der Waals surface area contributed by atoms with Gasteiger partial charge in [0.1, 0.15) is 16.7 Å². The Balaban J connectivity index is 3.40. The molecule has 3 nitrogen and oxygen atoms in total. The molecule has 1 rings (SSSR count). The van der Waals surface area contributed by atoms with Gasteiger partial charge in [-0.25, -0.2) is 9.97 Å². The van der Waals surface area contributed by atoms with Crippen LogP contribution in [-0.2, 0) is 6.18 Å². The maximum absolute atomic E-state index is 12.2. The van der Waals surface area contributed by atoms with Crippen LogP contribution in [0.3, 0.4) is 0 Å². The van der Waals surface area contributed by atoms with Crippen LogP contribution in [0.25, 0.3) is 0 Å². The van der Waals surface area contributed by atoms with Gasteiger partial charge in [-0.2, -0.15) is 18.4 Å². The standard InChI is InChI=1S/C7H3ClF3N3S/c1-15-5-3(2-12)4(8)13-6(14-5)7(9,10)11/h1H3. The molecule has 0 radical (unpaired) electrons. The maximum Gasteiger partial charge on any atom is 0.451 e. The fourth-order valence-electron chi connectivity index (χ4n) is 0.783. The zero-order valence-corrected chi connectivity index (χ0v) is 8.83. The van der Waals surface area contributed by atoms with Crippen LogP contribution in [0.15, 0.2) is 5.03 Å². The highest BCUT2D eigenvalue weighted by Crippen LogP contribution is 2.31. The van der Waals surface area contributed by atoms with Crippen LogP contribution >= 0.6 is 23.4 Å². The molecule has 0 aliphatic heterocycles. The Kier molecular flexibility index (Phi) is 3.42. The molecule has 0 saturated heterocycles. The first-order valence-electron chi connectivity index (χ1n) is 3.49. The first-order valence-corrected chi connectivity index (χ1v) is 5.09. The highest BCUT2D eigenvalue weighted by molar-refractivity contribution is 7.98. The second-order valence-electron chi connectivity index (χ2n) is 2.33. The zero-order chi connectivity index (χ0) is 11.6. The van der Waals surface area contributed by atoms with Gasteiger partial charge in [0.2, 0.25) is 5.82 Å². The van der Waals surface area contributed by atoms with Crippen molar-refractivity contribution in [3.63, 3.8) is 0 Å². The minimum atomic E-state index is -4.66. The molecule has 0 unspecified atom stereocenters. The molecule has 1 heterocycles. The molecule has 8 heteroatoms. The summed E-state index contributed by atoms with van der Waals surface area (Å²) in [6.07, 6.45) is -3.16. The molecule has 0 spiro atoms. The Hall–Kier alpha value is -1.00. The third kappa shape index (κ3) is 2.52. The van der Waals surface area contributed by atoms with Gasteiger partial charge in [-0.1, -0.05) is 11.6 Å². The van der Waals surface area contributed by atoms with Crippen LogP contribution in [0, 0.1) is 11.3 Å². The smallest absolute Gasteiger partial charge is 0.216 e.